The van der Waals surface area contributed by atoms with Gasteiger partial charge in [-0.2, -0.15) is 0 Å². The first-order valence-corrected chi connectivity index (χ1v) is 5.32. The average Bonchev–Trinajstić information content (AvgIpc) is 2.57. The Morgan fingerprint density at radius 1 is 1.83 bits per heavy atom. The first kappa shape index (κ1) is 8.20. The van der Waals surface area contributed by atoms with Crippen molar-refractivity contribution in [3.05, 3.63) is 16.6 Å². The zero-order valence-electron chi connectivity index (χ0n) is 7.16. The highest BCUT2D eigenvalue weighted by Crippen LogP contribution is 2.53. The third kappa shape index (κ3) is 1.17. The predicted octanol–water partition coefficient (Wildman–Crippen LogP) is 2.15. The van der Waals surface area contributed by atoms with E-state index in [1.54, 1.807) is 16.8 Å². The molecule has 12 heavy (non-hydrogen) atoms. The summed E-state index contributed by atoms with van der Waals surface area (Å²) in [4.78, 5) is 4.15. The molecule has 0 amide bonds. The Morgan fingerprint density at radius 3 is 3.25 bits per heavy atom. The van der Waals surface area contributed by atoms with Crippen molar-refractivity contribution in [1.29, 1.82) is 0 Å². The molecule has 1 aromatic rings. The van der Waals surface area contributed by atoms with Gasteiger partial charge in [0.25, 0.3) is 0 Å². The third-order valence-electron chi connectivity index (χ3n) is 2.59. The first-order valence-electron chi connectivity index (χ1n) is 4.38. The lowest BCUT2D eigenvalue weighted by molar-refractivity contribution is 0.125. The molecule has 66 valence electrons. The SMILES string of the molecule is CCCC1CC1(O)c1cscn1. The lowest BCUT2D eigenvalue weighted by atomic mass is 10.1. The molecule has 1 saturated carbocycles. The number of rotatable bonds is 3. The summed E-state index contributed by atoms with van der Waals surface area (Å²) in [7, 11) is 0. The van der Waals surface area contributed by atoms with E-state index in [4.69, 9.17) is 0 Å². The summed E-state index contributed by atoms with van der Waals surface area (Å²) in [6.07, 6.45) is 3.18. The van der Waals surface area contributed by atoms with Crippen LogP contribution < -0.4 is 0 Å². The van der Waals surface area contributed by atoms with Crippen molar-refractivity contribution in [2.75, 3.05) is 0 Å². The second-order valence-electron chi connectivity index (χ2n) is 3.49. The molecule has 0 spiro atoms. The molecule has 1 aromatic heterocycles. The Bertz CT molecular complexity index is 260. The van der Waals surface area contributed by atoms with Crippen molar-refractivity contribution >= 4 is 11.3 Å². The van der Waals surface area contributed by atoms with Gasteiger partial charge in [0.1, 0.15) is 5.60 Å². The Morgan fingerprint density at radius 2 is 2.67 bits per heavy atom. The van der Waals surface area contributed by atoms with E-state index in [0.29, 0.717) is 5.92 Å². The van der Waals surface area contributed by atoms with Crippen LogP contribution in [0.25, 0.3) is 0 Å². The summed E-state index contributed by atoms with van der Waals surface area (Å²) >= 11 is 1.56. The van der Waals surface area contributed by atoms with Crippen molar-refractivity contribution in [3.63, 3.8) is 0 Å². The number of nitrogens with zero attached hydrogens (tertiary/aromatic N) is 1. The van der Waals surface area contributed by atoms with E-state index in [1.165, 1.54) is 0 Å². The fraction of sp³-hybridized carbons (Fsp3) is 0.667. The van der Waals surface area contributed by atoms with Gasteiger partial charge in [0.2, 0.25) is 0 Å². The van der Waals surface area contributed by atoms with Crippen molar-refractivity contribution in [3.8, 4) is 0 Å². The smallest absolute Gasteiger partial charge is 0.111 e. The minimum absolute atomic E-state index is 0.463. The van der Waals surface area contributed by atoms with Gasteiger partial charge in [0, 0.05) is 5.38 Å². The van der Waals surface area contributed by atoms with Crippen molar-refractivity contribution in [1.82, 2.24) is 4.98 Å². The van der Waals surface area contributed by atoms with E-state index >= 15 is 0 Å². The second-order valence-corrected chi connectivity index (χ2v) is 4.21. The Kier molecular flexibility index (Phi) is 1.93. The monoisotopic (exact) mass is 183 g/mol. The minimum atomic E-state index is -0.560. The van der Waals surface area contributed by atoms with Gasteiger partial charge in [-0.25, -0.2) is 4.98 Å². The van der Waals surface area contributed by atoms with Crippen LogP contribution in [-0.4, -0.2) is 10.1 Å². The van der Waals surface area contributed by atoms with Crippen LogP contribution in [-0.2, 0) is 5.60 Å². The van der Waals surface area contributed by atoms with Crippen molar-refractivity contribution < 1.29 is 5.11 Å². The molecule has 0 saturated heterocycles. The van der Waals surface area contributed by atoms with Crippen LogP contribution >= 0.6 is 11.3 Å². The molecule has 1 aliphatic carbocycles. The Balaban J connectivity index is 2.07. The van der Waals surface area contributed by atoms with Gasteiger partial charge in [-0.3, -0.25) is 0 Å². The topological polar surface area (TPSA) is 33.1 Å². The number of thiazole rings is 1. The van der Waals surface area contributed by atoms with Crippen LogP contribution in [0.4, 0.5) is 0 Å². The summed E-state index contributed by atoms with van der Waals surface area (Å²) in [5, 5.41) is 12.0. The molecular weight excluding hydrogens is 170 g/mol. The molecule has 0 radical (unpaired) electrons. The van der Waals surface area contributed by atoms with E-state index in [-0.39, 0.29) is 0 Å². The van der Waals surface area contributed by atoms with Gasteiger partial charge in [-0.15, -0.1) is 11.3 Å². The number of aromatic nitrogens is 1. The largest absolute Gasteiger partial charge is 0.383 e. The maximum atomic E-state index is 10.0. The summed E-state index contributed by atoms with van der Waals surface area (Å²) in [6.45, 7) is 2.15. The molecule has 0 aliphatic heterocycles. The van der Waals surface area contributed by atoms with Gasteiger partial charge in [0.15, 0.2) is 0 Å². The molecule has 1 N–H and O–H groups in total. The molecule has 1 aliphatic rings. The van der Waals surface area contributed by atoms with Gasteiger partial charge < -0.3 is 5.11 Å². The molecule has 1 heterocycles. The van der Waals surface area contributed by atoms with E-state index in [2.05, 4.69) is 11.9 Å². The standard InChI is InChI=1S/C9H13NOS/c1-2-3-7-4-9(7,11)8-5-12-6-10-8/h5-7,11H,2-4H2,1H3. The van der Waals surface area contributed by atoms with Crippen LogP contribution in [0.3, 0.4) is 0 Å². The van der Waals surface area contributed by atoms with E-state index in [0.717, 1.165) is 25.0 Å². The number of aliphatic hydroxyl groups is 1. The Labute approximate surface area is 76.3 Å². The number of hydrogen-bond acceptors (Lipinski definition) is 3. The molecule has 2 unspecified atom stereocenters. The summed E-state index contributed by atoms with van der Waals surface area (Å²) in [5.74, 6) is 0.463. The summed E-state index contributed by atoms with van der Waals surface area (Å²) in [5.41, 5.74) is 2.11. The first-order chi connectivity index (χ1) is 5.77. The van der Waals surface area contributed by atoms with Crippen LogP contribution in [0.5, 0.6) is 0 Å². The maximum Gasteiger partial charge on any atom is 0.111 e. The fourth-order valence-corrected chi connectivity index (χ4v) is 2.38. The zero-order chi connectivity index (χ0) is 8.60. The molecule has 2 nitrogen and oxygen atoms in total. The lowest BCUT2D eigenvalue weighted by Crippen LogP contribution is -2.08. The summed E-state index contributed by atoms with van der Waals surface area (Å²) < 4.78 is 0. The quantitative estimate of drug-likeness (QED) is 0.779. The lowest BCUT2D eigenvalue weighted by Gasteiger charge is -2.05. The molecule has 0 bridgehead atoms. The van der Waals surface area contributed by atoms with Crippen molar-refractivity contribution in [2.24, 2.45) is 5.92 Å². The average molecular weight is 183 g/mol. The molecule has 2 rings (SSSR count). The molecule has 1 fully saturated rings. The van der Waals surface area contributed by atoms with Crippen molar-refractivity contribution in [2.45, 2.75) is 31.8 Å². The molecule has 2 atom stereocenters. The molecule has 0 aromatic carbocycles. The van der Waals surface area contributed by atoms with E-state index < -0.39 is 5.60 Å². The fourth-order valence-electron chi connectivity index (χ4n) is 1.75. The van der Waals surface area contributed by atoms with Crippen LogP contribution in [0.1, 0.15) is 31.9 Å². The highest BCUT2D eigenvalue weighted by atomic mass is 32.1. The minimum Gasteiger partial charge on any atom is -0.383 e. The van der Waals surface area contributed by atoms with Crippen LogP contribution in [0.15, 0.2) is 10.9 Å². The normalized spacial score (nSPS) is 33.7. The Hall–Kier alpha value is -0.410. The zero-order valence-corrected chi connectivity index (χ0v) is 7.97. The van der Waals surface area contributed by atoms with E-state index in [9.17, 15) is 5.11 Å². The van der Waals surface area contributed by atoms with Crippen LogP contribution in [0, 0.1) is 5.92 Å². The number of hydrogen-bond donors (Lipinski definition) is 1. The molecule has 3 heteroatoms. The maximum absolute atomic E-state index is 10.0. The predicted molar refractivity (Wildman–Crippen MR) is 49.0 cm³/mol. The van der Waals surface area contributed by atoms with E-state index in [1.807, 2.05) is 5.38 Å². The molecular formula is C9H13NOS. The highest BCUT2D eigenvalue weighted by molar-refractivity contribution is 7.07. The van der Waals surface area contributed by atoms with Gasteiger partial charge in [-0.1, -0.05) is 13.3 Å². The highest BCUT2D eigenvalue weighted by Gasteiger charge is 2.54. The summed E-state index contributed by atoms with van der Waals surface area (Å²) in [6, 6.07) is 0. The van der Waals surface area contributed by atoms with Gasteiger partial charge >= 0.3 is 0 Å². The van der Waals surface area contributed by atoms with Gasteiger partial charge in [0.05, 0.1) is 11.2 Å². The van der Waals surface area contributed by atoms with Gasteiger partial charge in [-0.05, 0) is 18.8 Å². The third-order valence-corrected chi connectivity index (χ3v) is 3.17. The van der Waals surface area contributed by atoms with Crippen LogP contribution in [0.2, 0.25) is 0 Å². The second kappa shape index (κ2) is 2.82.